The van der Waals surface area contributed by atoms with Gasteiger partial charge in [-0.1, -0.05) is 5.57 Å². The molecule has 1 unspecified atom stereocenters. The van der Waals surface area contributed by atoms with Gasteiger partial charge in [-0.3, -0.25) is 9.59 Å². The number of carbonyl (C=O) groups excluding carboxylic acids is 2. The minimum absolute atomic E-state index is 0.0382. The molecule has 0 saturated carbocycles. The van der Waals surface area contributed by atoms with E-state index >= 15 is 0 Å². The van der Waals surface area contributed by atoms with Crippen molar-refractivity contribution in [3.63, 3.8) is 0 Å². The van der Waals surface area contributed by atoms with E-state index in [1.165, 1.54) is 20.1 Å². The Morgan fingerprint density at radius 1 is 1.36 bits per heavy atom. The molecule has 3 heteroatoms. The van der Waals surface area contributed by atoms with Gasteiger partial charge in [0.25, 0.3) is 0 Å². The highest BCUT2D eigenvalue weighted by Crippen LogP contribution is 2.10. The summed E-state index contributed by atoms with van der Waals surface area (Å²) in [4.78, 5) is 25.3. The number of rotatable bonds is 5. The average molecular weight is 195 g/mol. The third-order valence-corrected chi connectivity index (χ3v) is 1.84. The van der Waals surface area contributed by atoms with Crippen LogP contribution in [0.4, 0.5) is 0 Å². The lowest BCUT2D eigenvalue weighted by Crippen LogP contribution is -2.13. The summed E-state index contributed by atoms with van der Waals surface area (Å²) < 4.78 is 0. The number of hydrogen-bond acceptors (Lipinski definition) is 2. The predicted octanol–water partition coefficient (Wildman–Crippen LogP) is 2.17. The van der Waals surface area contributed by atoms with Crippen LogP contribution in [0.25, 0.3) is 0 Å². The lowest BCUT2D eigenvalue weighted by Gasteiger charge is -2.06. The maximum Gasteiger partial charge on any atom is 0.242 e. The maximum atomic E-state index is 11.1. The summed E-state index contributed by atoms with van der Waals surface area (Å²) in [7, 11) is 0. The number of ketones is 1. The Morgan fingerprint density at radius 2 is 1.93 bits per heavy atom. The number of aliphatic imine (C=N–C) groups is 1. The Morgan fingerprint density at radius 3 is 2.29 bits per heavy atom. The fourth-order valence-corrected chi connectivity index (χ4v) is 0.980. The quantitative estimate of drug-likeness (QED) is 0.498. The molecule has 78 valence electrons. The van der Waals surface area contributed by atoms with Gasteiger partial charge < -0.3 is 0 Å². The Bertz CT molecular complexity index is 266. The Hall–Kier alpha value is -1.25. The first-order chi connectivity index (χ1) is 6.43. The summed E-state index contributed by atoms with van der Waals surface area (Å²) in [6, 6.07) is 0. The van der Waals surface area contributed by atoms with E-state index in [1.54, 1.807) is 0 Å². The van der Waals surface area contributed by atoms with Crippen LogP contribution in [0.5, 0.6) is 0 Å². The zero-order chi connectivity index (χ0) is 11.1. The second-order valence-corrected chi connectivity index (χ2v) is 3.51. The normalized spacial score (nSPS) is 12.8. The Balaban J connectivity index is 4.23. The third kappa shape index (κ3) is 6.29. The van der Waals surface area contributed by atoms with E-state index in [0.717, 1.165) is 12.0 Å². The number of Topliss-reactive ketones (excluding diaryl/α,β-unsaturated/α-hetero) is 1. The molecule has 0 aromatic heterocycles. The smallest absolute Gasteiger partial charge is 0.242 e. The van der Waals surface area contributed by atoms with Crippen molar-refractivity contribution in [3.05, 3.63) is 12.2 Å². The zero-order valence-electron chi connectivity index (χ0n) is 9.04. The summed E-state index contributed by atoms with van der Waals surface area (Å²) in [6.45, 7) is 8.55. The van der Waals surface area contributed by atoms with Gasteiger partial charge in [-0.15, -0.1) is 6.58 Å². The van der Waals surface area contributed by atoms with Crippen LogP contribution in [0.15, 0.2) is 17.1 Å². The van der Waals surface area contributed by atoms with E-state index in [9.17, 15) is 9.59 Å². The highest BCUT2D eigenvalue weighted by Gasteiger charge is 2.11. The van der Waals surface area contributed by atoms with Crippen LogP contribution in [-0.2, 0) is 9.59 Å². The standard InChI is InChI=1S/C11H17NO2/c1-8(2)5-6-11(9(3)13)7-12-10(4)14/h7,11H,1,5-6H2,2-4H3. The molecule has 0 saturated heterocycles. The predicted molar refractivity (Wildman–Crippen MR) is 57.4 cm³/mol. The largest absolute Gasteiger partial charge is 0.299 e. The first-order valence-corrected chi connectivity index (χ1v) is 4.63. The molecule has 0 spiro atoms. The number of carbonyl (C=O) groups is 2. The molecule has 0 aliphatic carbocycles. The molecule has 0 aliphatic heterocycles. The molecule has 0 aliphatic rings. The van der Waals surface area contributed by atoms with E-state index in [1.807, 2.05) is 6.92 Å². The Labute approximate surface area is 84.9 Å². The van der Waals surface area contributed by atoms with Gasteiger partial charge in [0, 0.05) is 13.1 Å². The van der Waals surface area contributed by atoms with Crippen molar-refractivity contribution in [1.29, 1.82) is 0 Å². The number of hydrogen-bond donors (Lipinski definition) is 0. The van der Waals surface area contributed by atoms with Crippen molar-refractivity contribution in [2.75, 3.05) is 0 Å². The minimum Gasteiger partial charge on any atom is -0.299 e. The van der Waals surface area contributed by atoms with Crippen LogP contribution in [-0.4, -0.2) is 17.9 Å². The summed E-state index contributed by atoms with van der Waals surface area (Å²) in [6.07, 6.45) is 2.91. The first-order valence-electron chi connectivity index (χ1n) is 4.63. The van der Waals surface area contributed by atoms with Crippen molar-refractivity contribution in [2.24, 2.45) is 10.9 Å². The van der Waals surface area contributed by atoms with Crippen LogP contribution in [0, 0.1) is 5.92 Å². The van der Waals surface area contributed by atoms with Crippen molar-refractivity contribution >= 4 is 17.9 Å². The van der Waals surface area contributed by atoms with Crippen LogP contribution >= 0.6 is 0 Å². The highest BCUT2D eigenvalue weighted by molar-refractivity contribution is 5.96. The van der Waals surface area contributed by atoms with E-state index in [-0.39, 0.29) is 17.6 Å². The van der Waals surface area contributed by atoms with Gasteiger partial charge in [0.1, 0.15) is 5.78 Å². The second kappa shape index (κ2) is 6.24. The van der Waals surface area contributed by atoms with E-state index in [4.69, 9.17) is 0 Å². The molecule has 0 bridgehead atoms. The van der Waals surface area contributed by atoms with E-state index < -0.39 is 0 Å². The fraction of sp³-hybridized carbons (Fsp3) is 0.545. The lowest BCUT2D eigenvalue weighted by molar-refractivity contribution is -0.118. The van der Waals surface area contributed by atoms with Crippen molar-refractivity contribution in [3.8, 4) is 0 Å². The summed E-state index contributed by atoms with van der Waals surface area (Å²) in [5.74, 6) is -0.488. The molecule has 3 nitrogen and oxygen atoms in total. The van der Waals surface area contributed by atoms with Crippen LogP contribution < -0.4 is 0 Å². The van der Waals surface area contributed by atoms with Crippen LogP contribution in [0.1, 0.15) is 33.6 Å². The number of allylic oxidation sites excluding steroid dienone is 1. The minimum atomic E-state index is -0.272. The molecule has 0 heterocycles. The van der Waals surface area contributed by atoms with Crippen LogP contribution in [0.3, 0.4) is 0 Å². The van der Waals surface area contributed by atoms with E-state index in [0.29, 0.717) is 6.42 Å². The monoisotopic (exact) mass is 195 g/mol. The van der Waals surface area contributed by atoms with Gasteiger partial charge >= 0.3 is 0 Å². The molecule has 1 atom stereocenters. The average Bonchev–Trinajstić information content (AvgIpc) is 2.02. The Kier molecular flexibility index (Phi) is 5.68. The number of nitrogens with zero attached hydrogens (tertiary/aromatic N) is 1. The van der Waals surface area contributed by atoms with Gasteiger partial charge in [-0.05, 0) is 26.7 Å². The molecular weight excluding hydrogens is 178 g/mol. The molecule has 14 heavy (non-hydrogen) atoms. The molecule has 1 amide bonds. The lowest BCUT2D eigenvalue weighted by atomic mass is 9.98. The van der Waals surface area contributed by atoms with Crippen molar-refractivity contribution < 1.29 is 9.59 Å². The topological polar surface area (TPSA) is 46.5 Å². The summed E-state index contributed by atoms with van der Waals surface area (Å²) in [5, 5.41) is 0. The maximum absolute atomic E-state index is 11.1. The molecule has 0 aromatic rings. The van der Waals surface area contributed by atoms with Crippen molar-refractivity contribution in [1.82, 2.24) is 0 Å². The molecular formula is C11H17NO2. The number of amides is 1. The molecule has 0 fully saturated rings. The van der Waals surface area contributed by atoms with Gasteiger partial charge in [0.2, 0.25) is 5.91 Å². The second-order valence-electron chi connectivity index (χ2n) is 3.51. The van der Waals surface area contributed by atoms with E-state index in [2.05, 4.69) is 11.6 Å². The van der Waals surface area contributed by atoms with Gasteiger partial charge in [-0.2, -0.15) is 0 Å². The third-order valence-electron chi connectivity index (χ3n) is 1.84. The van der Waals surface area contributed by atoms with Gasteiger partial charge in [-0.25, -0.2) is 4.99 Å². The first kappa shape index (κ1) is 12.8. The molecule has 0 aromatic carbocycles. The fourth-order valence-electron chi connectivity index (χ4n) is 0.980. The molecule has 0 radical (unpaired) electrons. The zero-order valence-corrected chi connectivity index (χ0v) is 9.04. The van der Waals surface area contributed by atoms with Gasteiger partial charge in [0.15, 0.2) is 0 Å². The van der Waals surface area contributed by atoms with Crippen LogP contribution in [0.2, 0.25) is 0 Å². The highest BCUT2D eigenvalue weighted by atomic mass is 16.1. The van der Waals surface area contributed by atoms with Gasteiger partial charge in [0.05, 0.1) is 5.92 Å². The molecule has 0 N–H and O–H groups in total. The summed E-state index contributed by atoms with van der Waals surface area (Å²) >= 11 is 0. The summed E-state index contributed by atoms with van der Waals surface area (Å²) in [5.41, 5.74) is 1.03. The molecule has 0 rings (SSSR count). The SMILES string of the molecule is C=C(C)CCC(C=NC(C)=O)C(C)=O. The van der Waals surface area contributed by atoms with Crippen molar-refractivity contribution in [2.45, 2.75) is 33.6 Å².